The number of halogens is 2. The van der Waals surface area contributed by atoms with Gasteiger partial charge in [-0.05, 0) is 19.1 Å². The maximum absolute atomic E-state index is 12.7. The van der Waals surface area contributed by atoms with Gasteiger partial charge in [0.15, 0.2) is 11.4 Å². The zero-order valence-electron chi connectivity index (χ0n) is 14.3. The van der Waals surface area contributed by atoms with Crippen LogP contribution in [0.3, 0.4) is 0 Å². The summed E-state index contributed by atoms with van der Waals surface area (Å²) in [6.45, 7) is 2.24. The number of fused-ring (bicyclic) bond motifs is 2. The highest BCUT2D eigenvalue weighted by atomic mass is 35.5. The lowest BCUT2D eigenvalue weighted by Crippen LogP contribution is -2.30. The minimum absolute atomic E-state index is 0.0642. The Balaban J connectivity index is 1.84. The van der Waals surface area contributed by atoms with Crippen LogP contribution in [-0.4, -0.2) is 46.8 Å². The molecule has 4 heterocycles. The zero-order valence-corrected chi connectivity index (χ0v) is 15.8. The first kappa shape index (κ1) is 17.6. The van der Waals surface area contributed by atoms with Crippen LogP contribution in [0.25, 0.3) is 0 Å². The summed E-state index contributed by atoms with van der Waals surface area (Å²) in [5.41, 5.74) is 1.08. The van der Waals surface area contributed by atoms with Gasteiger partial charge in [0.25, 0.3) is 11.8 Å². The van der Waals surface area contributed by atoms with Crippen molar-refractivity contribution in [1.82, 2.24) is 9.97 Å². The standard InChI is InChI=1S/C17H12Cl2N6O2/c1-3-25-15-11(5-9(19)7-21-15)13(17(25)27)23-22-12-10-4-8(18)6-20-14(10)24(2)16(12)26/h4-7H,3H2,1-2H3/b22-12-,23-13-. The SMILES string of the molecule is CCN1C(=O)/C(=N\N=C2/C(=O)N(C)c3ncc(Cl)cc32)c2cc(Cl)cnc21. The minimum Gasteiger partial charge on any atom is -0.294 e. The van der Waals surface area contributed by atoms with Gasteiger partial charge in [-0.1, -0.05) is 23.2 Å². The number of hydrogen-bond donors (Lipinski definition) is 0. The van der Waals surface area contributed by atoms with E-state index in [1.807, 2.05) is 6.92 Å². The van der Waals surface area contributed by atoms with Gasteiger partial charge >= 0.3 is 0 Å². The Labute approximate surface area is 164 Å². The largest absolute Gasteiger partial charge is 0.294 e. The first-order valence-corrected chi connectivity index (χ1v) is 8.75. The number of nitrogens with zero attached hydrogens (tertiary/aromatic N) is 6. The second-order valence-corrected chi connectivity index (χ2v) is 6.73. The number of rotatable bonds is 2. The van der Waals surface area contributed by atoms with E-state index < -0.39 is 0 Å². The molecule has 0 aliphatic carbocycles. The van der Waals surface area contributed by atoms with Crippen LogP contribution in [0, 0.1) is 0 Å². The van der Waals surface area contributed by atoms with E-state index in [1.165, 1.54) is 22.2 Å². The summed E-state index contributed by atoms with van der Waals surface area (Å²) >= 11 is 12.0. The van der Waals surface area contributed by atoms with Crippen LogP contribution < -0.4 is 9.80 Å². The molecule has 2 aromatic rings. The predicted octanol–water partition coefficient (Wildman–Crippen LogP) is 2.32. The molecule has 0 saturated heterocycles. The number of likely N-dealkylation sites (N-methyl/N-ethyl adjacent to an activating group) is 2. The van der Waals surface area contributed by atoms with Gasteiger partial charge in [-0.2, -0.15) is 0 Å². The molecular formula is C17H12Cl2N6O2. The van der Waals surface area contributed by atoms with Gasteiger partial charge in [-0.3, -0.25) is 19.4 Å². The molecule has 0 aromatic carbocycles. The van der Waals surface area contributed by atoms with E-state index in [0.29, 0.717) is 39.4 Å². The van der Waals surface area contributed by atoms with Crippen LogP contribution in [0.1, 0.15) is 18.1 Å². The van der Waals surface area contributed by atoms with Crippen molar-refractivity contribution in [2.45, 2.75) is 6.92 Å². The maximum Gasteiger partial charge on any atom is 0.280 e. The van der Waals surface area contributed by atoms with Crippen molar-refractivity contribution >= 4 is 58.1 Å². The van der Waals surface area contributed by atoms with Crippen LogP contribution in [0.15, 0.2) is 34.7 Å². The fourth-order valence-electron chi connectivity index (χ4n) is 2.99. The monoisotopic (exact) mass is 402 g/mol. The number of carbonyl (C=O) groups is 2. The molecule has 27 heavy (non-hydrogen) atoms. The van der Waals surface area contributed by atoms with Gasteiger partial charge in [0.2, 0.25) is 0 Å². The maximum atomic E-state index is 12.7. The summed E-state index contributed by atoms with van der Waals surface area (Å²) < 4.78 is 0. The molecule has 2 aliphatic rings. The average Bonchev–Trinajstić information content (AvgIpc) is 3.04. The van der Waals surface area contributed by atoms with Gasteiger partial charge in [0.05, 0.1) is 21.2 Å². The second kappa shape index (κ2) is 6.40. The molecule has 0 radical (unpaired) electrons. The van der Waals surface area contributed by atoms with E-state index in [0.717, 1.165) is 0 Å². The fourth-order valence-corrected chi connectivity index (χ4v) is 3.31. The lowest BCUT2D eigenvalue weighted by molar-refractivity contribution is -0.113. The van der Waals surface area contributed by atoms with Crippen LogP contribution in [0.4, 0.5) is 11.6 Å². The van der Waals surface area contributed by atoms with Crippen LogP contribution in [0.2, 0.25) is 10.0 Å². The lowest BCUT2D eigenvalue weighted by atomic mass is 10.2. The van der Waals surface area contributed by atoms with Crippen LogP contribution in [0.5, 0.6) is 0 Å². The smallest absolute Gasteiger partial charge is 0.280 e. The van der Waals surface area contributed by atoms with Gasteiger partial charge in [0.1, 0.15) is 11.6 Å². The van der Waals surface area contributed by atoms with Crippen molar-refractivity contribution < 1.29 is 9.59 Å². The highest BCUT2D eigenvalue weighted by Gasteiger charge is 2.36. The molecule has 0 atom stereocenters. The third kappa shape index (κ3) is 2.68. The number of aromatic nitrogens is 2. The van der Waals surface area contributed by atoms with Crippen LogP contribution in [-0.2, 0) is 9.59 Å². The van der Waals surface area contributed by atoms with E-state index >= 15 is 0 Å². The Morgan fingerprint density at radius 1 is 0.926 bits per heavy atom. The van der Waals surface area contributed by atoms with Crippen molar-refractivity contribution in [3.8, 4) is 0 Å². The number of amides is 2. The Hall–Kier alpha value is -2.84. The van der Waals surface area contributed by atoms with Crippen molar-refractivity contribution in [2.24, 2.45) is 10.2 Å². The predicted molar refractivity (Wildman–Crippen MR) is 103 cm³/mol. The summed E-state index contributed by atoms with van der Waals surface area (Å²) in [4.78, 5) is 36.3. The highest BCUT2D eigenvalue weighted by Crippen LogP contribution is 2.30. The second-order valence-electron chi connectivity index (χ2n) is 5.86. The highest BCUT2D eigenvalue weighted by molar-refractivity contribution is 6.56. The molecule has 0 spiro atoms. The van der Waals surface area contributed by atoms with E-state index in [2.05, 4.69) is 20.2 Å². The molecule has 0 unspecified atom stereocenters. The summed E-state index contributed by atoms with van der Waals surface area (Å²) in [5.74, 6) is 0.161. The molecule has 136 valence electrons. The zero-order chi connectivity index (χ0) is 19.3. The third-order valence-electron chi connectivity index (χ3n) is 4.27. The quantitative estimate of drug-likeness (QED) is 0.720. The van der Waals surface area contributed by atoms with Gasteiger partial charge in [0, 0.05) is 26.0 Å². The van der Waals surface area contributed by atoms with Gasteiger partial charge < -0.3 is 0 Å². The van der Waals surface area contributed by atoms with Crippen molar-refractivity contribution in [2.75, 3.05) is 23.4 Å². The normalized spacial score (nSPS) is 18.7. The third-order valence-corrected chi connectivity index (χ3v) is 4.68. The van der Waals surface area contributed by atoms with Crippen LogP contribution >= 0.6 is 23.2 Å². The van der Waals surface area contributed by atoms with E-state index in [1.54, 1.807) is 19.2 Å². The molecule has 8 nitrogen and oxygen atoms in total. The van der Waals surface area contributed by atoms with E-state index in [-0.39, 0.29) is 23.2 Å². The number of anilines is 2. The molecule has 10 heteroatoms. The van der Waals surface area contributed by atoms with E-state index in [9.17, 15) is 9.59 Å². The van der Waals surface area contributed by atoms with Gasteiger partial charge in [-0.25, -0.2) is 9.97 Å². The summed E-state index contributed by atoms with van der Waals surface area (Å²) in [7, 11) is 1.58. The summed E-state index contributed by atoms with van der Waals surface area (Å²) in [6.07, 6.45) is 2.91. The summed E-state index contributed by atoms with van der Waals surface area (Å²) in [5, 5.41) is 8.88. The number of hydrogen-bond acceptors (Lipinski definition) is 6. The molecule has 0 bridgehead atoms. The molecule has 2 aliphatic heterocycles. The first-order valence-electron chi connectivity index (χ1n) is 7.99. The topological polar surface area (TPSA) is 91.1 Å². The Kier molecular flexibility index (Phi) is 4.16. The van der Waals surface area contributed by atoms with Gasteiger partial charge in [-0.15, -0.1) is 10.2 Å². The molecule has 0 N–H and O–H groups in total. The molecule has 4 rings (SSSR count). The molecule has 2 aromatic heterocycles. The van der Waals surface area contributed by atoms with Crippen molar-refractivity contribution in [1.29, 1.82) is 0 Å². The Bertz CT molecular complexity index is 1070. The average molecular weight is 403 g/mol. The molecule has 0 fully saturated rings. The van der Waals surface area contributed by atoms with Crippen molar-refractivity contribution in [3.05, 3.63) is 45.7 Å². The fraction of sp³-hybridized carbons (Fsp3) is 0.176. The Morgan fingerprint density at radius 2 is 1.44 bits per heavy atom. The number of carbonyl (C=O) groups excluding carboxylic acids is 2. The van der Waals surface area contributed by atoms with E-state index in [4.69, 9.17) is 23.2 Å². The summed E-state index contributed by atoms with van der Waals surface area (Å²) in [6, 6.07) is 3.19. The first-order chi connectivity index (χ1) is 12.9. The number of pyridine rings is 2. The lowest BCUT2D eigenvalue weighted by Gasteiger charge is -2.11. The van der Waals surface area contributed by atoms with Crippen molar-refractivity contribution in [3.63, 3.8) is 0 Å². The Morgan fingerprint density at radius 3 is 2.04 bits per heavy atom. The minimum atomic E-state index is -0.383. The molecule has 0 saturated carbocycles. The molecule has 2 amide bonds. The molecular weight excluding hydrogens is 391 g/mol.